The molecule has 0 aromatic heterocycles. The Hall–Kier alpha value is -1.53. The lowest BCUT2D eigenvalue weighted by Crippen LogP contribution is -2.40. The molecular weight excluding hydrogens is 325 g/mol. The number of para-hydroxylation sites is 1. The van der Waals surface area contributed by atoms with Crippen molar-refractivity contribution in [2.75, 3.05) is 11.6 Å². The Kier molecular flexibility index (Phi) is 6.52. The maximum absolute atomic E-state index is 12.8. The van der Waals surface area contributed by atoms with Crippen LogP contribution in [0.1, 0.15) is 40.2 Å². The van der Waals surface area contributed by atoms with Gasteiger partial charge in [0.05, 0.1) is 0 Å². The first-order valence-corrected chi connectivity index (χ1v) is 11.5. The number of benzene rings is 2. The second-order valence-electron chi connectivity index (χ2n) is 7.64. The van der Waals surface area contributed by atoms with Crippen molar-refractivity contribution in [2.45, 2.75) is 58.8 Å². The van der Waals surface area contributed by atoms with E-state index in [0.717, 1.165) is 11.7 Å². The lowest BCUT2D eigenvalue weighted by Gasteiger charge is -2.35. The molecule has 0 aliphatic heterocycles. The van der Waals surface area contributed by atoms with E-state index in [2.05, 4.69) is 80.3 Å². The Morgan fingerprint density at radius 2 is 1.44 bits per heavy atom. The van der Waals surface area contributed by atoms with Crippen LogP contribution in [0.4, 0.5) is 5.69 Å². The number of hydrogen-bond donors (Lipinski definition) is 0. The van der Waals surface area contributed by atoms with Crippen molar-refractivity contribution in [1.82, 2.24) is 0 Å². The van der Waals surface area contributed by atoms with E-state index >= 15 is 0 Å². The summed E-state index contributed by atoms with van der Waals surface area (Å²) < 4.78 is 12.8. The van der Waals surface area contributed by atoms with Crippen molar-refractivity contribution in [3.05, 3.63) is 60.2 Å². The largest absolute Gasteiger partial charge is 0.366 e. The molecule has 136 valence electrons. The molecule has 0 spiro atoms. The van der Waals surface area contributed by atoms with Crippen LogP contribution in [-0.4, -0.2) is 24.4 Å². The van der Waals surface area contributed by atoms with Crippen molar-refractivity contribution in [2.24, 2.45) is 0 Å². The summed E-state index contributed by atoms with van der Waals surface area (Å²) in [6.45, 7) is 12.7. The fraction of sp³-hybridized carbons (Fsp3) is 0.455. The zero-order valence-corrected chi connectivity index (χ0v) is 17.3. The Morgan fingerprint density at radius 3 is 1.92 bits per heavy atom. The lowest BCUT2D eigenvalue weighted by molar-refractivity contribution is 0.572. The van der Waals surface area contributed by atoms with Gasteiger partial charge in [-0.3, -0.25) is 0 Å². The van der Waals surface area contributed by atoms with Gasteiger partial charge in [0.25, 0.3) is 0 Å². The molecule has 2 nitrogen and oxygen atoms in total. The molecule has 0 saturated heterocycles. The first-order valence-electron chi connectivity index (χ1n) is 9.23. The van der Waals surface area contributed by atoms with Crippen LogP contribution in [-0.2, 0) is 11.0 Å². The van der Waals surface area contributed by atoms with Gasteiger partial charge < -0.3 is 9.46 Å². The summed E-state index contributed by atoms with van der Waals surface area (Å²) in [5.41, 5.74) is 2.74. The smallest absolute Gasteiger partial charge is 0.115 e. The van der Waals surface area contributed by atoms with Gasteiger partial charge in [0.2, 0.25) is 0 Å². The minimum atomic E-state index is -2.26. The predicted molar refractivity (Wildman–Crippen MR) is 112 cm³/mol. The van der Waals surface area contributed by atoms with E-state index in [0.29, 0.717) is 12.1 Å². The third-order valence-corrected chi connectivity index (χ3v) is 8.35. The molecule has 0 aliphatic carbocycles. The van der Waals surface area contributed by atoms with Gasteiger partial charge in [-0.15, -0.1) is 0 Å². The van der Waals surface area contributed by atoms with E-state index < -0.39 is 7.14 Å². The second kappa shape index (κ2) is 8.23. The fourth-order valence-corrected chi connectivity index (χ4v) is 4.66. The standard InChI is InChI=1S/C22H32NOP/c1-17(2)23(21-10-8-7-9-11-21)19(5)16-20-12-14-22(15-13-20)25(6,24)18(3)4/h7-15,17-19H,16H2,1-6H3. The van der Waals surface area contributed by atoms with E-state index in [1.165, 1.54) is 11.3 Å². The SMILES string of the molecule is CC(C)N(c1ccccc1)C(C)Cc1ccc(P(C)(=O)C(C)C)cc1. The van der Waals surface area contributed by atoms with Crippen LogP contribution in [0.25, 0.3) is 0 Å². The van der Waals surface area contributed by atoms with Gasteiger partial charge >= 0.3 is 0 Å². The lowest BCUT2D eigenvalue weighted by atomic mass is 10.0. The van der Waals surface area contributed by atoms with E-state index in [1.54, 1.807) is 0 Å². The van der Waals surface area contributed by atoms with E-state index in [9.17, 15) is 4.57 Å². The minimum absolute atomic E-state index is 0.187. The van der Waals surface area contributed by atoms with Gasteiger partial charge in [-0.2, -0.15) is 0 Å². The van der Waals surface area contributed by atoms with E-state index in [-0.39, 0.29) is 5.66 Å². The third kappa shape index (κ3) is 4.76. The quantitative estimate of drug-likeness (QED) is 0.605. The van der Waals surface area contributed by atoms with Crippen molar-refractivity contribution < 1.29 is 4.57 Å². The van der Waals surface area contributed by atoms with Gasteiger partial charge in [0, 0.05) is 28.7 Å². The van der Waals surface area contributed by atoms with Crippen molar-refractivity contribution in [3.63, 3.8) is 0 Å². The highest BCUT2D eigenvalue weighted by molar-refractivity contribution is 7.71. The number of anilines is 1. The van der Waals surface area contributed by atoms with Crippen LogP contribution in [0.5, 0.6) is 0 Å². The Morgan fingerprint density at radius 1 is 0.880 bits per heavy atom. The molecule has 0 saturated carbocycles. The van der Waals surface area contributed by atoms with E-state index in [4.69, 9.17) is 0 Å². The molecule has 0 heterocycles. The second-order valence-corrected chi connectivity index (χ2v) is 11.2. The fourth-order valence-electron chi connectivity index (χ4n) is 3.33. The number of rotatable bonds is 7. The van der Waals surface area contributed by atoms with Crippen LogP contribution in [0.15, 0.2) is 54.6 Å². The normalized spacial score (nSPS) is 15.2. The molecule has 0 radical (unpaired) electrons. The van der Waals surface area contributed by atoms with Crippen molar-refractivity contribution >= 4 is 18.1 Å². The number of nitrogens with zero attached hydrogens (tertiary/aromatic N) is 1. The predicted octanol–water partition coefficient (Wildman–Crippen LogP) is 5.56. The van der Waals surface area contributed by atoms with Crippen LogP contribution < -0.4 is 10.2 Å². The summed E-state index contributed by atoms with van der Waals surface area (Å²) in [6.07, 6.45) is 0.975. The van der Waals surface area contributed by atoms with Crippen LogP contribution in [0.2, 0.25) is 0 Å². The Balaban J connectivity index is 2.16. The molecule has 25 heavy (non-hydrogen) atoms. The highest BCUT2D eigenvalue weighted by atomic mass is 31.2. The van der Waals surface area contributed by atoms with Crippen molar-refractivity contribution in [1.29, 1.82) is 0 Å². The molecule has 0 bridgehead atoms. The molecule has 0 N–H and O–H groups in total. The topological polar surface area (TPSA) is 20.3 Å². The summed E-state index contributed by atoms with van der Waals surface area (Å²) in [7, 11) is -2.26. The maximum atomic E-state index is 12.8. The molecule has 2 atom stereocenters. The molecule has 2 aromatic rings. The molecule has 0 fully saturated rings. The zero-order chi connectivity index (χ0) is 18.6. The monoisotopic (exact) mass is 357 g/mol. The van der Waals surface area contributed by atoms with Gasteiger partial charge in [-0.1, -0.05) is 56.3 Å². The van der Waals surface area contributed by atoms with Crippen molar-refractivity contribution in [3.8, 4) is 0 Å². The first-order chi connectivity index (χ1) is 11.7. The average Bonchev–Trinajstić information content (AvgIpc) is 2.56. The third-order valence-electron chi connectivity index (χ3n) is 5.05. The minimum Gasteiger partial charge on any atom is -0.366 e. The maximum Gasteiger partial charge on any atom is 0.115 e. The summed E-state index contributed by atoms with van der Waals surface area (Å²) >= 11 is 0. The summed E-state index contributed by atoms with van der Waals surface area (Å²) in [5, 5.41) is 0.989. The molecular formula is C22H32NOP. The molecule has 0 aliphatic rings. The molecule has 2 rings (SSSR count). The van der Waals surface area contributed by atoms with Crippen LogP contribution in [0, 0.1) is 0 Å². The summed E-state index contributed by atoms with van der Waals surface area (Å²) in [6, 6.07) is 19.8. The van der Waals surface area contributed by atoms with Gasteiger partial charge in [-0.05, 0) is 51.6 Å². The molecule has 2 unspecified atom stereocenters. The van der Waals surface area contributed by atoms with Crippen LogP contribution >= 0.6 is 7.14 Å². The molecule has 0 amide bonds. The summed E-state index contributed by atoms with van der Waals surface area (Å²) in [5.74, 6) is 0. The van der Waals surface area contributed by atoms with Crippen LogP contribution in [0.3, 0.4) is 0 Å². The van der Waals surface area contributed by atoms with Gasteiger partial charge in [0.1, 0.15) is 7.14 Å². The summed E-state index contributed by atoms with van der Waals surface area (Å²) in [4.78, 5) is 2.47. The Bertz CT molecular complexity index is 707. The highest BCUT2D eigenvalue weighted by Gasteiger charge is 2.23. The zero-order valence-electron chi connectivity index (χ0n) is 16.4. The van der Waals surface area contributed by atoms with Gasteiger partial charge in [-0.25, -0.2) is 0 Å². The first kappa shape index (κ1) is 19.8. The van der Waals surface area contributed by atoms with Gasteiger partial charge in [0.15, 0.2) is 0 Å². The molecule has 2 aromatic carbocycles. The average molecular weight is 357 g/mol. The van der Waals surface area contributed by atoms with E-state index in [1.807, 2.05) is 20.5 Å². The highest BCUT2D eigenvalue weighted by Crippen LogP contribution is 2.45. The number of hydrogen-bond acceptors (Lipinski definition) is 2. The Labute approximate surface area is 153 Å². The molecule has 3 heteroatoms.